The van der Waals surface area contributed by atoms with Crippen molar-refractivity contribution >= 4 is 5.91 Å². The molecular weight excluding hydrogens is 242 g/mol. The van der Waals surface area contributed by atoms with Gasteiger partial charge in [0.25, 0.3) is 0 Å². The summed E-state index contributed by atoms with van der Waals surface area (Å²) >= 11 is 0. The van der Waals surface area contributed by atoms with E-state index in [0.29, 0.717) is 13.2 Å². The number of amides is 1. The second kappa shape index (κ2) is 7.22. The topological polar surface area (TPSA) is 58.8 Å². The fourth-order valence-corrected chi connectivity index (χ4v) is 2.80. The maximum absolute atomic E-state index is 12.3. The summed E-state index contributed by atoms with van der Waals surface area (Å²) in [5, 5.41) is 0. The minimum Gasteiger partial charge on any atom is -0.374 e. The summed E-state index contributed by atoms with van der Waals surface area (Å²) in [6.45, 7) is 6.64. The highest BCUT2D eigenvalue weighted by molar-refractivity contribution is 5.78. The number of ether oxygens (including phenoxy) is 1. The van der Waals surface area contributed by atoms with Crippen LogP contribution < -0.4 is 5.73 Å². The zero-order chi connectivity index (χ0) is 13.7. The zero-order valence-electron chi connectivity index (χ0n) is 12.0. The molecule has 2 rings (SSSR count). The van der Waals surface area contributed by atoms with Crippen LogP contribution in [0.25, 0.3) is 0 Å². The van der Waals surface area contributed by atoms with Gasteiger partial charge in [0, 0.05) is 32.2 Å². The summed E-state index contributed by atoms with van der Waals surface area (Å²) in [5.41, 5.74) is 5.88. The van der Waals surface area contributed by atoms with Crippen molar-refractivity contribution in [2.24, 2.45) is 5.73 Å². The molecule has 0 aliphatic carbocycles. The fraction of sp³-hybridized carbons (Fsp3) is 0.929. The third-order valence-electron chi connectivity index (χ3n) is 4.08. The molecule has 2 N–H and O–H groups in total. The Balaban J connectivity index is 1.80. The summed E-state index contributed by atoms with van der Waals surface area (Å²) < 4.78 is 5.63. The van der Waals surface area contributed by atoms with Gasteiger partial charge in [-0.05, 0) is 19.8 Å². The minimum absolute atomic E-state index is 0.0242. The fourth-order valence-electron chi connectivity index (χ4n) is 2.80. The summed E-state index contributed by atoms with van der Waals surface area (Å²) in [6.07, 6.45) is 4.88. The normalized spacial score (nSPS) is 27.9. The van der Waals surface area contributed by atoms with E-state index in [1.54, 1.807) is 0 Å². The molecule has 0 aromatic heterocycles. The van der Waals surface area contributed by atoms with Crippen molar-refractivity contribution in [3.63, 3.8) is 0 Å². The van der Waals surface area contributed by atoms with E-state index in [1.807, 2.05) is 11.8 Å². The largest absolute Gasteiger partial charge is 0.374 e. The third kappa shape index (κ3) is 4.44. The summed E-state index contributed by atoms with van der Waals surface area (Å²) in [5.74, 6) is 0.271. The van der Waals surface area contributed by atoms with Crippen LogP contribution in [-0.2, 0) is 9.53 Å². The number of hydrogen-bond acceptors (Lipinski definition) is 4. The second-order valence-corrected chi connectivity index (χ2v) is 5.80. The molecule has 0 saturated carbocycles. The first-order valence-electron chi connectivity index (χ1n) is 7.54. The average Bonchev–Trinajstić information content (AvgIpc) is 2.68. The van der Waals surface area contributed by atoms with E-state index in [9.17, 15) is 4.79 Å². The standard InChI is InChI=1S/C14H27N3O2/c1-12(15)13-10-16(8-9-19-13)11-14(18)17-6-4-2-3-5-7-17/h12-13H,2-11,15H2,1H3. The molecule has 2 saturated heterocycles. The first kappa shape index (κ1) is 14.8. The van der Waals surface area contributed by atoms with Gasteiger partial charge in [-0.15, -0.1) is 0 Å². The number of likely N-dealkylation sites (tertiary alicyclic amines) is 1. The minimum atomic E-state index is 0.0242. The van der Waals surface area contributed by atoms with E-state index >= 15 is 0 Å². The van der Waals surface area contributed by atoms with Crippen LogP contribution in [-0.4, -0.2) is 67.2 Å². The first-order chi connectivity index (χ1) is 9.16. The maximum atomic E-state index is 12.3. The molecule has 0 spiro atoms. The molecule has 2 aliphatic rings. The van der Waals surface area contributed by atoms with Crippen LogP contribution in [0.15, 0.2) is 0 Å². The number of carbonyl (C=O) groups excluding carboxylic acids is 1. The first-order valence-corrected chi connectivity index (χ1v) is 7.54. The van der Waals surface area contributed by atoms with Crippen LogP contribution >= 0.6 is 0 Å². The van der Waals surface area contributed by atoms with E-state index in [1.165, 1.54) is 12.8 Å². The lowest BCUT2D eigenvalue weighted by Gasteiger charge is -2.35. The quantitative estimate of drug-likeness (QED) is 0.807. The monoisotopic (exact) mass is 269 g/mol. The molecule has 0 aromatic rings. The molecular formula is C14H27N3O2. The van der Waals surface area contributed by atoms with Gasteiger partial charge >= 0.3 is 0 Å². The number of carbonyl (C=O) groups is 1. The third-order valence-corrected chi connectivity index (χ3v) is 4.08. The maximum Gasteiger partial charge on any atom is 0.236 e. The number of hydrogen-bond donors (Lipinski definition) is 1. The molecule has 2 heterocycles. The number of rotatable bonds is 3. The Morgan fingerprint density at radius 2 is 1.95 bits per heavy atom. The second-order valence-electron chi connectivity index (χ2n) is 5.80. The van der Waals surface area contributed by atoms with Gasteiger partial charge in [0.2, 0.25) is 5.91 Å². The van der Waals surface area contributed by atoms with Gasteiger partial charge in [0.15, 0.2) is 0 Å². The van der Waals surface area contributed by atoms with Crippen LogP contribution in [0.2, 0.25) is 0 Å². The molecule has 2 aliphatic heterocycles. The molecule has 2 atom stereocenters. The Labute approximate surface area is 116 Å². The Morgan fingerprint density at radius 3 is 2.58 bits per heavy atom. The Bertz CT molecular complexity index is 288. The van der Waals surface area contributed by atoms with E-state index in [-0.39, 0.29) is 18.1 Å². The molecule has 2 fully saturated rings. The summed E-state index contributed by atoms with van der Waals surface area (Å²) in [6, 6.07) is 0.0242. The number of nitrogens with zero attached hydrogens (tertiary/aromatic N) is 2. The lowest BCUT2D eigenvalue weighted by Crippen LogP contribution is -2.52. The van der Waals surface area contributed by atoms with Crippen molar-refractivity contribution in [2.45, 2.75) is 44.8 Å². The van der Waals surface area contributed by atoms with E-state index in [0.717, 1.165) is 39.0 Å². The van der Waals surface area contributed by atoms with Crippen molar-refractivity contribution in [3.8, 4) is 0 Å². The predicted octanol–water partition coefficient (Wildman–Crippen LogP) is 0.437. The SMILES string of the molecule is CC(N)C1CN(CC(=O)N2CCCCCC2)CCO1. The molecule has 0 bridgehead atoms. The van der Waals surface area contributed by atoms with Crippen molar-refractivity contribution < 1.29 is 9.53 Å². The predicted molar refractivity (Wildman–Crippen MR) is 74.9 cm³/mol. The van der Waals surface area contributed by atoms with Gasteiger partial charge in [-0.25, -0.2) is 0 Å². The molecule has 0 aromatic carbocycles. The average molecular weight is 269 g/mol. The van der Waals surface area contributed by atoms with Gasteiger partial charge in [0.1, 0.15) is 0 Å². The van der Waals surface area contributed by atoms with Crippen molar-refractivity contribution in [2.75, 3.05) is 39.3 Å². The Morgan fingerprint density at radius 1 is 1.26 bits per heavy atom. The van der Waals surface area contributed by atoms with Crippen LogP contribution in [0.5, 0.6) is 0 Å². The highest BCUT2D eigenvalue weighted by Crippen LogP contribution is 2.12. The van der Waals surface area contributed by atoms with Crippen LogP contribution in [0.4, 0.5) is 0 Å². The number of nitrogens with two attached hydrogens (primary N) is 1. The smallest absolute Gasteiger partial charge is 0.236 e. The molecule has 19 heavy (non-hydrogen) atoms. The summed E-state index contributed by atoms with van der Waals surface area (Å²) in [4.78, 5) is 16.5. The molecule has 1 amide bonds. The summed E-state index contributed by atoms with van der Waals surface area (Å²) in [7, 11) is 0. The van der Waals surface area contributed by atoms with Crippen LogP contribution in [0, 0.1) is 0 Å². The van der Waals surface area contributed by atoms with E-state index in [2.05, 4.69) is 4.90 Å². The van der Waals surface area contributed by atoms with E-state index in [4.69, 9.17) is 10.5 Å². The van der Waals surface area contributed by atoms with Gasteiger partial charge in [-0.2, -0.15) is 0 Å². The van der Waals surface area contributed by atoms with Crippen molar-refractivity contribution in [3.05, 3.63) is 0 Å². The molecule has 110 valence electrons. The molecule has 0 radical (unpaired) electrons. The Kier molecular flexibility index (Phi) is 5.60. The zero-order valence-corrected chi connectivity index (χ0v) is 12.0. The van der Waals surface area contributed by atoms with Crippen LogP contribution in [0.1, 0.15) is 32.6 Å². The Hall–Kier alpha value is -0.650. The van der Waals surface area contributed by atoms with E-state index < -0.39 is 0 Å². The van der Waals surface area contributed by atoms with Gasteiger partial charge in [0.05, 0.1) is 19.3 Å². The van der Waals surface area contributed by atoms with Crippen molar-refractivity contribution in [1.29, 1.82) is 0 Å². The highest BCUT2D eigenvalue weighted by Gasteiger charge is 2.26. The van der Waals surface area contributed by atoms with Gasteiger partial charge < -0.3 is 15.4 Å². The van der Waals surface area contributed by atoms with Gasteiger partial charge in [-0.1, -0.05) is 12.8 Å². The van der Waals surface area contributed by atoms with Gasteiger partial charge in [-0.3, -0.25) is 9.69 Å². The number of morpholine rings is 1. The lowest BCUT2D eigenvalue weighted by atomic mass is 10.1. The van der Waals surface area contributed by atoms with Crippen LogP contribution in [0.3, 0.4) is 0 Å². The van der Waals surface area contributed by atoms with Crippen molar-refractivity contribution in [1.82, 2.24) is 9.80 Å². The highest BCUT2D eigenvalue weighted by atomic mass is 16.5. The molecule has 5 nitrogen and oxygen atoms in total. The molecule has 2 unspecified atom stereocenters. The lowest BCUT2D eigenvalue weighted by molar-refractivity contribution is -0.134. The molecule has 5 heteroatoms.